The maximum Gasteiger partial charge on any atom is 0.269 e. The van der Waals surface area contributed by atoms with Gasteiger partial charge in [-0.3, -0.25) is 14.5 Å². The van der Waals surface area contributed by atoms with Gasteiger partial charge in [-0.15, -0.1) is 11.3 Å². The molecule has 2 bridgehead atoms. The molecule has 2 amide bonds. The lowest BCUT2D eigenvalue weighted by Crippen LogP contribution is -2.50. The molecule has 0 radical (unpaired) electrons. The van der Waals surface area contributed by atoms with Crippen LogP contribution in [0, 0.1) is 20.8 Å². The lowest BCUT2D eigenvalue weighted by molar-refractivity contribution is -0.137. The van der Waals surface area contributed by atoms with Crippen molar-refractivity contribution in [2.75, 3.05) is 52.4 Å². The van der Waals surface area contributed by atoms with E-state index in [0.717, 1.165) is 122 Å². The standard InChI is InChI=1S/C44H57N5O4S2/c1-29-9-15-36(16-10-29)55(52,53)49-41(33-24-30(2)23-31(3)25-33)40(32(4)27-45-19-21-46(22-20-45)28-39(50)47-17-7-8-18-47)37-26-38(54-42(37)49)44(5,6)43(51)48-34-11-12-35(48)14-13-34/h9-10,15-16,23-26,32,34-35H,7-8,11-14,17-22,27-28H2,1-6H3/t32-,34?,35?/m1/s1. The van der Waals surface area contributed by atoms with E-state index < -0.39 is 15.4 Å². The maximum atomic E-state index is 15.1. The normalized spacial score (nSPS) is 21.6. The monoisotopic (exact) mass is 783 g/mol. The SMILES string of the molecule is Cc1ccc(S(=O)(=O)n2c(-c3cc(C)cc(C)c3)c([C@H](C)CN3CCN(CC(=O)N4CCCC4)CC3)c3cc(C(C)(C)C(=O)N4C5CCC4CC5)sc32)cc1. The molecule has 6 heterocycles. The highest BCUT2D eigenvalue weighted by Gasteiger charge is 2.48. The van der Waals surface area contributed by atoms with Crippen molar-refractivity contribution >= 4 is 43.4 Å². The first-order valence-corrected chi connectivity index (χ1v) is 22.6. The zero-order chi connectivity index (χ0) is 38.8. The fourth-order valence-electron chi connectivity index (χ4n) is 9.84. The topological polar surface area (TPSA) is 86.2 Å². The van der Waals surface area contributed by atoms with E-state index in [1.807, 2.05) is 37.8 Å². The third-order valence-corrected chi connectivity index (χ3v) is 16.1. The number of benzene rings is 2. The molecule has 2 aromatic heterocycles. The van der Waals surface area contributed by atoms with E-state index in [0.29, 0.717) is 29.2 Å². The van der Waals surface area contributed by atoms with Gasteiger partial charge in [0.2, 0.25) is 11.8 Å². The van der Waals surface area contributed by atoms with Gasteiger partial charge in [0.05, 0.1) is 22.5 Å². The summed E-state index contributed by atoms with van der Waals surface area (Å²) in [5, 5.41) is 0.914. The van der Waals surface area contributed by atoms with Crippen molar-refractivity contribution in [3.8, 4) is 11.3 Å². The van der Waals surface area contributed by atoms with Gasteiger partial charge in [-0.25, -0.2) is 12.4 Å². The molecule has 0 saturated carbocycles. The summed E-state index contributed by atoms with van der Waals surface area (Å²) >= 11 is 1.46. The van der Waals surface area contributed by atoms with E-state index in [9.17, 15) is 9.59 Å². The van der Waals surface area contributed by atoms with E-state index in [1.54, 1.807) is 16.1 Å². The average molecular weight is 784 g/mol. The molecule has 294 valence electrons. The number of likely N-dealkylation sites (tertiary alicyclic amines) is 1. The predicted molar refractivity (Wildman–Crippen MR) is 222 cm³/mol. The molecular weight excluding hydrogens is 727 g/mol. The summed E-state index contributed by atoms with van der Waals surface area (Å²) in [6, 6.07) is 16.3. The van der Waals surface area contributed by atoms with Crippen molar-refractivity contribution in [3.05, 3.63) is 75.7 Å². The van der Waals surface area contributed by atoms with Gasteiger partial charge in [0.25, 0.3) is 10.0 Å². The van der Waals surface area contributed by atoms with Crippen LogP contribution < -0.4 is 0 Å². The summed E-state index contributed by atoms with van der Waals surface area (Å²) in [6.07, 6.45) is 6.49. The van der Waals surface area contributed by atoms with Crippen molar-refractivity contribution < 1.29 is 18.0 Å². The quantitative estimate of drug-likeness (QED) is 0.168. The highest BCUT2D eigenvalue weighted by molar-refractivity contribution is 7.90. The molecule has 9 nitrogen and oxygen atoms in total. The summed E-state index contributed by atoms with van der Waals surface area (Å²) in [6.45, 7) is 18.7. The van der Waals surface area contributed by atoms with Crippen molar-refractivity contribution in [2.45, 2.75) is 108 Å². The van der Waals surface area contributed by atoms with Gasteiger partial charge in [-0.2, -0.15) is 0 Å². The number of thiophene rings is 1. The number of piperazine rings is 1. The molecule has 4 aromatic rings. The highest BCUT2D eigenvalue weighted by atomic mass is 32.2. The zero-order valence-corrected chi connectivity index (χ0v) is 35.1. The Bertz CT molecular complexity index is 2170. The average Bonchev–Trinajstić information content (AvgIpc) is 3.99. The summed E-state index contributed by atoms with van der Waals surface area (Å²) in [5.74, 6) is 0.365. The zero-order valence-electron chi connectivity index (χ0n) is 33.4. The molecule has 4 aliphatic heterocycles. The van der Waals surface area contributed by atoms with Crippen LogP contribution in [0.15, 0.2) is 53.4 Å². The van der Waals surface area contributed by atoms with Crippen molar-refractivity contribution in [1.82, 2.24) is 23.6 Å². The second-order valence-electron chi connectivity index (χ2n) is 17.4. The minimum Gasteiger partial charge on any atom is -0.342 e. The second kappa shape index (κ2) is 14.8. The van der Waals surface area contributed by atoms with Crippen LogP contribution in [-0.4, -0.2) is 108 Å². The van der Waals surface area contributed by atoms with Crippen LogP contribution in [0.5, 0.6) is 0 Å². The Morgan fingerprint density at radius 1 is 0.800 bits per heavy atom. The first kappa shape index (κ1) is 38.4. The minimum absolute atomic E-state index is 0.0266. The van der Waals surface area contributed by atoms with E-state index in [1.165, 1.54) is 11.3 Å². The molecule has 4 fully saturated rings. The number of hydrogen-bond acceptors (Lipinski definition) is 7. The Morgan fingerprint density at radius 3 is 1.98 bits per heavy atom. The Balaban J connectivity index is 1.21. The number of carbonyl (C=O) groups is 2. The molecular formula is C44H57N5O4S2. The number of aromatic nitrogens is 1. The Labute approximate surface area is 331 Å². The Hall–Kier alpha value is -3.51. The second-order valence-corrected chi connectivity index (χ2v) is 20.2. The van der Waals surface area contributed by atoms with Gasteiger partial charge in [0.15, 0.2) is 0 Å². The summed E-state index contributed by atoms with van der Waals surface area (Å²) in [7, 11) is -4.06. The smallest absolute Gasteiger partial charge is 0.269 e. The summed E-state index contributed by atoms with van der Waals surface area (Å²) in [4.78, 5) is 38.1. The number of carbonyl (C=O) groups excluding carboxylic acids is 2. The van der Waals surface area contributed by atoms with Crippen LogP contribution in [-0.2, 0) is 25.0 Å². The highest BCUT2D eigenvalue weighted by Crippen LogP contribution is 2.48. The number of rotatable bonds is 10. The largest absolute Gasteiger partial charge is 0.342 e. The lowest BCUT2D eigenvalue weighted by atomic mass is 9.88. The van der Waals surface area contributed by atoms with Crippen molar-refractivity contribution in [2.24, 2.45) is 0 Å². The van der Waals surface area contributed by atoms with E-state index in [-0.39, 0.29) is 22.6 Å². The lowest BCUT2D eigenvalue weighted by Gasteiger charge is -2.36. The van der Waals surface area contributed by atoms with E-state index in [4.69, 9.17) is 0 Å². The third kappa shape index (κ3) is 7.08. The number of nitrogens with zero attached hydrogens (tertiary/aromatic N) is 5. The van der Waals surface area contributed by atoms with Gasteiger partial charge in [-0.1, -0.05) is 41.8 Å². The van der Waals surface area contributed by atoms with Crippen LogP contribution in [0.4, 0.5) is 0 Å². The molecule has 11 heteroatoms. The van der Waals surface area contributed by atoms with Gasteiger partial charge in [-0.05, 0) is 115 Å². The summed E-state index contributed by atoms with van der Waals surface area (Å²) in [5.41, 5.74) is 4.94. The van der Waals surface area contributed by atoms with Crippen LogP contribution in [0.2, 0.25) is 0 Å². The fourth-order valence-corrected chi connectivity index (χ4v) is 12.9. The third-order valence-electron chi connectivity index (χ3n) is 12.8. The molecule has 1 atom stereocenters. The molecule has 0 spiro atoms. The van der Waals surface area contributed by atoms with E-state index in [2.05, 4.69) is 59.7 Å². The molecule has 0 aliphatic carbocycles. The number of fused-ring (bicyclic) bond motifs is 3. The van der Waals surface area contributed by atoms with Gasteiger partial charge in [0.1, 0.15) is 4.83 Å². The van der Waals surface area contributed by atoms with Crippen molar-refractivity contribution in [1.29, 1.82) is 0 Å². The Kier molecular flexibility index (Phi) is 10.3. The minimum atomic E-state index is -4.06. The molecule has 4 aliphatic rings. The maximum absolute atomic E-state index is 15.1. The van der Waals surface area contributed by atoms with Gasteiger partial charge >= 0.3 is 0 Å². The van der Waals surface area contributed by atoms with Crippen LogP contribution >= 0.6 is 11.3 Å². The van der Waals surface area contributed by atoms with Crippen LogP contribution in [0.25, 0.3) is 21.5 Å². The first-order valence-electron chi connectivity index (χ1n) is 20.4. The fraction of sp³-hybridized carbons (Fsp3) is 0.545. The predicted octanol–water partition coefficient (Wildman–Crippen LogP) is 7.31. The Morgan fingerprint density at radius 2 is 1.38 bits per heavy atom. The molecule has 0 unspecified atom stereocenters. The van der Waals surface area contributed by atoms with Crippen LogP contribution in [0.3, 0.4) is 0 Å². The molecule has 0 N–H and O–H groups in total. The number of aryl methyl sites for hydroxylation is 3. The van der Waals surface area contributed by atoms with E-state index >= 15 is 8.42 Å². The molecule has 8 rings (SSSR count). The van der Waals surface area contributed by atoms with Gasteiger partial charge < -0.3 is 14.7 Å². The molecule has 55 heavy (non-hydrogen) atoms. The summed E-state index contributed by atoms with van der Waals surface area (Å²) < 4.78 is 31.8. The van der Waals surface area contributed by atoms with Crippen LogP contribution in [0.1, 0.15) is 92.3 Å². The number of hydrogen-bond donors (Lipinski definition) is 0. The number of amides is 2. The molecule has 2 aromatic carbocycles. The van der Waals surface area contributed by atoms with Gasteiger partial charge in [0, 0.05) is 73.7 Å². The molecule has 4 saturated heterocycles. The first-order chi connectivity index (χ1) is 26.2. The van der Waals surface area contributed by atoms with Crippen molar-refractivity contribution in [3.63, 3.8) is 0 Å².